The van der Waals surface area contributed by atoms with Gasteiger partial charge >= 0.3 is 5.97 Å². The van der Waals surface area contributed by atoms with Crippen molar-refractivity contribution in [2.45, 2.75) is 51.9 Å². The highest BCUT2D eigenvalue weighted by molar-refractivity contribution is 9.10. The minimum Gasteiger partial charge on any atom is -0.462 e. The molecule has 0 saturated heterocycles. The number of carbonyl (C=O) groups excluding carboxylic acids is 1. The number of nitrogens with zero attached hydrogens (tertiary/aromatic N) is 3. The largest absolute Gasteiger partial charge is 0.462 e. The molecule has 172 valence electrons. The number of aromatic nitrogens is 3. The van der Waals surface area contributed by atoms with Crippen molar-refractivity contribution in [3.8, 4) is 5.69 Å². The van der Waals surface area contributed by atoms with E-state index in [0.29, 0.717) is 23.3 Å². The molecule has 0 radical (unpaired) electrons. The number of rotatable bonds is 10. The van der Waals surface area contributed by atoms with E-state index in [9.17, 15) is 4.79 Å². The quantitative estimate of drug-likeness (QED) is 0.187. The van der Waals surface area contributed by atoms with Crippen LogP contribution in [0.2, 0.25) is 0 Å². The summed E-state index contributed by atoms with van der Waals surface area (Å²) in [7, 11) is 0. The second-order valence-corrected chi connectivity index (χ2v) is 9.13. The Labute approximate surface area is 202 Å². The molecule has 2 N–H and O–H groups in total. The van der Waals surface area contributed by atoms with Crippen LogP contribution in [0.5, 0.6) is 0 Å². The standard InChI is InChI=1S/C26H29BrN4O2/c1-2-3-4-5-6-7-10-16-33-26(32)22-23-25(30-21-15-9-8-14-20(21)29-23)31(24(22)28)19-13-11-12-18(27)17-19/h8-9,11-15,17H,2-7,10,16,28H2,1H3. The molecule has 0 fully saturated rings. The molecular weight excluding hydrogens is 480 g/mol. The summed E-state index contributed by atoms with van der Waals surface area (Å²) in [6.45, 7) is 2.59. The molecule has 0 saturated carbocycles. The topological polar surface area (TPSA) is 83.0 Å². The minimum absolute atomic E-state index is 0.270. The molecule has 33 heavy (non-hydrogen) atoms. The molecule has 0 atom stereocenters. The number of benzene rings is 2. The van der Waals surface area contributed by atoms with Crippen LogP contribution in [0.3, 0.4) is 0 Å². The first-order chi connectivity index (χ1) is 16.1. The summed E-state index contributed by atoms with van der Waals surface area (Å²) in [5.74, 6) is -0.176. The van der Waals surface area contributed by atoms with Crippen LogP contribution in [0.4, 0.5) is 5.82 Å². The summed E-state index contributed by atoms with van der Waals surface area (Å²) in [6.07, 6.45) is 8.09. The highest BCUT2D eigenvalue weighted by Crippen LogP contribution is 2.32. The summed E-state index contributed by atoms with van der Waals surface area (Å²) in [4.78, 5) is 22.6. The molecule has 2 heterocycles. The van der Waals surface area contributed by atoms with Crippen molar-refractivity contribution >= 4 is 49.9 Å². The number of esters is 1. The van der Waals surface area contributed by atoms with Crippen molar-refractivity contribution in [3.05, 3.63) is 58.6 Å². The third-order valence-electron chi connectivity index (χ3n) is 5.75. The zero-order valence-corrected chi connectivity index (χ0v) is 20.5. The van der Waals surface area contributed by atoms with E-state index >= 15 is 0 Å². The van der Waals surface area contributed by atoms with E-state index in [1.165, 1.54) is 32.1 Å². The van der Waals surface area contributed by atoms with Gasteiger partial charge in [0.15, 0.2) is 5.65 Å². The average Bonchev–Trinajstić information content (AvgIpc) is 3.09. The number of halogens is 1. The van der Waals surface area contributed by atoms with Gasteiger partial charge in [-0.3, -0.25) is 4.57 Å². The molecule has 7 heteroatoms. The van der Waals surface area contributed by atoms with E-state index < -0.39 is 5.97 Å². The normalized spacial score (nSPS) is 11.3. The summed E-state index contributed by atoms with van der Waals surface area (Å²) in [5.41, 5.74) is 10.0. The number of unbranched alkanes of at least 4 members (excludes halogenated alkanes) is 6. The van der Waals surface area contributed by atoms with Crippen LogP contribution in [0.1, 0.15) is 62.2 Å². The van der Waals surface area contributed by atoms with Gasteiger partial charge in [-0.25, -0.2) is 14.8 Å². The monoisotopic (exact) mass is 508 g/mol. The maximum Gasteiger partial charge on any atom is 0.344 e. The van der Waals surface area contributed by atoms with Gasteiger partial charge in [0, 0.05) is 4.47 Å². The van der Waals surface area contributed by atoms with Crippen LogP contribution in [0.15, 0.2) is 53.0 Å². The molecule has 0 spiro atoms. The van der Waals surface area contributed by atoms with Gasteiger partial charge in [0.05, 0.1) is 23.3 Å². The van der Waals surface area contributed by atoms with Crippen LogP contribution in [-0.4, -0.2) is 27.1 Å². The molecule has 0 unspecified atom stereocenters. The molecule has 6 nitrogen and oxygen atoms in total. The SMILES string of the molecule is CCCCCCCCCOC(=O)c1c(N)n(-c2cccc(Br)c2)c2nc3ccccc3nc12. The first-order valence-electron chi connectivity index (χ1n) is 11.6. The Balaban J connectivity index is 1.63. The molecule has 4 rings (SSSR count). The van der Waals surface area contributed by atoms with E-state index in [0.717, 1.165) is 28.5 Å². The molecule has 0 amide bonds. The van der Waals surface area contributed by atoms with E-state index in [1.54, 1.807) is 4.57 Å². The second kappa shape index (κ2) is 10.8. The predicted molar refractivity (Wildman–Crippen MR) is 137 cm³/mol. The third kappa shape index (κ3) is 5.19. The Morgan fingerprint density at radius 3 is 2.39 bits per heavy atom. The first kappa shape index (κ1) is 23.2. The smallest absolute Gasteiger partial charge is 0.344 e. The van der Waals surface area contributed by atoms with Gasteiger partial charge in [-0.05, 0) is 36.8 Å². The van der Waals surface area contributed by atoms with Gasteiger partial charge < -0.3 is 10.5 Å². The Hall–Kier alpha value is -2.93. The number of nitrogens with two attached hydrogens (primary N) is 1. The highest BCUT2D eigenvalue weighted by atomic mass is 79.9. The number of para-hydroxylation sites is 2. The number of carbonyl (C=O) groups is 1. The van der Waals surface area contributed by atoms with E-state index in [4.69, 9.17) is 20.4 Å². The zero-order chi connectivity index (χ0) is 23.2. The molecule has 2 aromatic heterocycles. The molecule has 0 bridgehead atoms. The second-order valence-electron chi connectivity index (χ2n) is 8.22. The van der Waals surface area contributed by atoms with Crippen molar-refractivity contribution in [2.75, 3.05) is 12.3 Å². The number of fused-ring (bicyclic) bond motifs is 2. The molecule has 0 aliphatic rings. The fourth-order valence-electron chi connectivity index (χ4n) is 4.04. The molecule has 4 aromatic rings. The lowest BCUT2D eigenvalue weighted by Crippen LogP contribution is -2.10. The van der Waals surface area contributed by atoms with Gasteiger partial charge in [0.25, 0.3) is 0 Å². The van der Waals surface area contributed by atoms with E-state index in [1.807, 2.05) is 48.5 Å². The lowest BCUT2D eigenvalue weighted by Gasteiger charge is -2.08. The number of ether oxygens (including phenoxy) is 1. The first-order valence-corrected chi connectivity index (χ1v) is 12.4. The van der Waals surface area contributed by atoms with Gasteiger partial charge in [-0.1, -0.05) is 79.6 Å². The number of nitrogen functional groups attached to an aromatic ring is 1. The number of anilines is 1. The van der Waals surface area contributed by atoms with Gasteiger partial charge in [-0.2, -0.15) is 0 Å². The molecular formula is C26H29BrN4O2. The van der Waals surface area contributed by atoms with Crippen molar-refractivity contribution in [1.29, 1.82) is 0 Å². The van der Waals surface area contributed by atoms with Crippen LogP contribution in [0.25, 0.3) is 27.9 Å². The summed E-state index contributed by atoms with van der Waals surface area (Å²) < 4.78 is 8.29. The van der Waals surface area contributed by atoms with E-state index in [2.05, 4.69) is 22.9 Å². The van der Waals surface area contributed by atoms with Crippen LogP contribution in [-0.2, 0) is 4.74 Å². The summed E-state index contributed by atoms with van der Waals surface area (Å²) in [5, 5.41) is 0. The van der Waals surface area contributed by atoms with Crippen molar-refractivity contribution in [3.63, 3.8) is 0 Å². The van der Waals surface area contributed by atoms with Crippen LogP contribution in [0, 0.1) is 0 Å². The average molecular weight is 509 g/mol. The highest BCUT2D eigenvalue weighted by Gasteiger charge is 2.26. The van der Waals surface area contributed by atoms with Crippen molar-refractivity contribution in [1.82, 2.24) is 14.5 Å². The van der Waals surface area contributed by atoms with Crippen molar-refractivity contribution in [2.24, 2.45) is 0 Å². The minimum atomic E-state index is -0.457. The summed E-state index contributed by atoms with van der Waals surface area (Å²) >= 11 is 3.51. The zero-order valence-electron chi connectivity index (χ0n) is 18.9. The number of hydrogen-bond acceptors (Lipinski definition) is 5. The lowest BCUT2D eigenvalue weighted by molar-refractivity contribution is 0.0501. The Bertz CT molecular complexity index is 1270. The maximum atomic E-state index is 13.1. The van der Waals surface area contributed by atoms with Gasteiger partial charge in [0.1, 0.15) is 16.9 Å². The maximum absolute atomic E-state index is 13.1. The third-order valence-corrected chi connectivity index (χ3v) is 6.24. The molecule has 2 aromatic carbocycles. The lowest BCUT2D eigenvalue weighted by atomic mass is 10.1. The fourth-order valence-corrected chi connectivity index (χ4v) is 4.42. The molecule has 0 aliphatic heterocycles. The summed E-state index contributed by atoms with van der Waals surface area (Å²) in [6, 6.07) is 15.3. The van der Waals surface area contributed by atoms with E-state index in [-0.39, 0.29) is 11.4 Å². The Morgan fingerprint density at radius 1 is 0.970 bits per heavy atom. The van der Waals surface area contributed by atoms with Crippen LogP contribution < -0.4 is 5.73 Å². The fraction of sp³-hybridized carbons (Fsp3) is 0.346. The van der Waals surface area contributed by atoms with Crippen LogP contribution >= 0.6 is 15.9 Å². The van der Waals surface area contributed by atoms with Gasteiger partial charge in [-0.15, -0.1) is 0 Å². The number of hydrogen-bond donors (Lipinski definition) is 1. The van der Waals surface area contributed by atoms with Crippen molar-refractivity contribution < 1.29 is 9.53 Å². The Morgan fingerprint density at radius 2 is 1.67 bits per heavy atom. The predicted octanol–water partition coefficient (Wildman–Crippen LogP) is 6.83. The molecule has 0 aliphatic carbocycles. The Kier molecular flexibility index (Phi) is 7.60. The van der Waals surface area contributed by atoms with Gasteiger partial charge in [0.2, 0.25) is 0 Å².